The zero-order valence-electron chi connectivity index (χ0n) is 14.9. The summed E-state index contributed by atoms with van der Waals surface area (Å²) in [5, 5.41) is 44.3. The summed E-state index contributed by atoms with van der Waals surface area (Å²) in [6, 6.07) is 7.62. The summed E-state index contributed by atoms with van der Waals surface area (Å²) in [7, 11) is -1.43. The third-order valence-corrected chi connectivity index (χ3v) is 5.46. The van der Waals surface area contributed by atoms with E-state index in [9.17, 15) is 18.1 Å². The molecule has 3 rings (SSSR count). The van der Waals surface area contributed by atoms with Crippen LogP contribution >= 0.6 is 0 Å². The van der Waals surface area contributed by atoms with Crippen molar-refractivity contribution in [2.24, 2.45) is 0 Å². The van der Waals surface area contributed by atoms with E-state index >= 15 is 0 Å². The average Bonchev–Trinajstić information content (AvgIpc) is 3.13. The number of hydrogen-bond acceptors (Lipinski definition) is 7. The predicted octanol–water partition coefficient (Wildman–Crippen LogP) is 0.947. The zero-order valence-corrected chi connectivity index (χ0v) is 15.7. The highest BCUT2D eigenvalue weighted by Crippen LogP contribution is 2.24. The Balaban J connectivity index is 0.000000234. The quantitative estimate of drug-likeness (QED) is 0.668. The minimum absolute atomic E-state index is 0.163. The highest BCUT2D eigenvalue weighted by Gasteiger charge is 2.38. The van der Waals surface area contributed by atoms with Crippen molar-refractivity contribution in [1.82, 2.24) is 9.29 Å². The Bertz CT molecular complexity index is 991. The van der Waals surface area contributed by atoms with Gasteiger partial charge in [0.2, 0.25) is 0 Å². The number of aliphatic hydroxyl groups is 2. The molecular formula is C18H16F2N4O4S. The van der Waals surface area contributed by atoms with Crippen LogP contribution in [0.1, 0.15) is 17.7 Å². The zero-order chi connectivity index (χ0) is 21.6. The molecule has 2 unspecified atom stereocenters. The molecule has 1 aliphatic heterocycles. The summed E-state index contributed by atoms with van der Waals surface area (Å²) in [6.45, 7) is 0.270. The van der Waals surface area contributed by atoms with Crippen LogP contribution in [0.4, 0.5) is 8.78 Å². The molecule has 1 fully saturated rings. The molecule has 2 heterocycles. The van der Waals surface area contributed by atoms with Crippen molar-refractivity contribution >= 4 is 11.0 Å². The molecule has 3 N–H and O–H groups in total. The van der Waals surface area contributed by atoms with Crippen LogP contribution in [0.5, 0.6) is 5.75 Å². The molecule has 0 spiro atoms. The van der Waals surface area contributed by atoms with Crippen LogP contribution in [0.15, 0.2) is 35.4 Å². The van der Waals surface area contributed by atoms with Gasteiger partial charge < -0.3 is 15.3 Å². The topological polar surface area (TPSA) is 141 Å². The van der Waals surface area contributed by atoms with Gasteiger partial charge >= 0.3 is 0 Å². The second kappa shape index (κ2) is 9.49. The van der Waals surface area contributed by atoms with Crippen LogP contribution in [0, 0.1) is 34.3 Å². The molecule has 0 saturated carbocycles. The fourth-order valence-corrected chi connectivity index (χ4v) is 3.65. The van der Waals surface area contributed by atoms with E-state index in [-0.39, 0.29) is 18.8 Å². The van der Waals surface area contributed by atoms with E-state index in [0.29, 0.717) is 30.0 Å². The number of phenolic OH excluding ortho intramolecular Hbond substituents is 1. The number of rotatable bonds is 3. The molecule has 29 heavy (non-hydrogen) atoms. The highest BCUT2D eigenvalue weighted by atomic mass is 32.2. The minimum Gasteiger partial charge on any atom is -0.505 e. The predicted molar refractivity (Wildman–Crippen MR) is 96.3 cm³/mol. The molecule has 0 bridgehead atoms. The lowest BCUT2D eigenvalue weighted by molar-refractivity contribution is -0.000503. The largest absolute Gasteiger partial charge is 0.505 e. The molecule has 0 radical (unpaired) electrons. The standard InChI is InChI=1S/C11H13N3O3S.C7H3F2NO/c12-5-9-1-2-10(6-13-9)18(17)14-4-3-11(16,7-14)8-15;8-5-2-7(11)6(9)1-4(5)3-10/h1-2,6,15-16H,3-4,7-8H2;1-2,11H. The van der Waals surface area contributed by atoms with Crippen molar-refractivity contribution in [3.8, 4) is 17.9 Å². The monoisotopic (exact) mass is 422 g/mol. The van der Waals surface area contributed by atoms with Gasteiger partial charge in [-0.25, -0.2) is 22.3 Å². The van der Waals surface area contributed by atoms with Gasteiger partial charge in [-0.15, -0.1) is 0 Å². The Labute approximate surface area is 167 Å². The van der Waals surface area contributed by atoms with E-state index in [1.807, 2.05) is 6.07 Å². The molecule has 1 aromatic carbocycles. The van der Waals surface area contributed by atoms with E-state index < -0.39 is 39.5 Å². The normalized spacial score (nSPS) is 19.5. The number of aliphatic hydroxyl groups excluding tert-OH is 1. The maximum Gasteiger partial charge on any atom is 0.166 e. The Morgan fingerprint density at radius 1 is 1.24 bits per heavy atom. The number of hydrogen-bond donors (Lipinski definition) is 3. The highest BCUT2D eigenvalue weighted by molar-refractivity contribution is 7.82. The third-order valence-electron chi connectivity index (χ3n) is 4.04. The van der Waals surface area contributed by atoms with Gasteiger partial charge in [-0.1, -0.05) is 0 Å². The molecule has 152 valence electrons. The first-order valence-electron chi connectivity index (χ1n) is 8.17. The number of aromatic nitrogens is 1. The molecule has 1 aliphatic rings. The van der Waals surface area contributed by atoms with Crippen molar-refractivity contribution in [1.29, 1.82) is 10.5 Å². The van der Waals surface area contributed by atoms with Gasteiger partial charge in [0.1, 0.15) is 40.2 Å². The third kappa shape index (κ3) is 5.53. The van der Waals surface area contributed by atoms with Gasteiger partial charge in [0, 0.05) is 25.4 Å². The maximum absolute atomic E-state index is 12.5. The second-order valence-electron chi connectivity index (χ2n) is 6.13. The van der Waals surface area contributed by atoms with Crippen LogP contribution in [0.3, 0.4) is 0 Å². The van der Waals surface area contributed by atoms with E-state index in [2.05, 4.69) is 4.98 Å². The lowest BCUT2D eigenvalue weighted by Gasteiger charge is -2.19. The van der Waals surface area contributed by atoms with Crippen molar-refractivity contribution in [2.45, 2.75) is 16.9 Å². The molecule has 0 aliphatic carbocycles. The molecule has 2 aromatic rings. The summed E-state index contributed by atoms with van der Waals surface area (Å²) >= 11 is 0. The number of nitrogens with zero attached hydrogens (tertiary/aromatic N) is 4. The second-order valence-corrected chi connectivity index (χ2v) is 7.62. The SMILES string of the molecule is N#Cc1cc(F)c(O)cc1F.N#Cc1ccc(S(=O)N2CCC(O)(CO)C2)cn1. The van der Waals surface area contributed by atoms with Crippen LogP contribution in [0.2, 0.25) is 0 Å². The van der Waals surface area contributed by atoms with Crippen LogP contribution in [-0.4, -0.2) is 54.1 Å². The molecule has 1 saturated heterocycles. The van der Waals surface area contributed by atoms with Gasteiger partial charge in [0.15, 0.2) is 11.6 Å². The van der Waals surface area contributed by atoms with E-state index in [4.69, 9.17) is 20.7 Å². The first kappa shape index (κ1) is 22.3. The van der Waals surface area contributed by atoms with Gasteiger partial charge in [-0.2, -0.15) is 10.5 Å². The summed E-state index contributed by atoms with van der Waals surface area (Å²) < 4.78 is 38.6. The van der Waals surface area contributed by atoms with Gasteiger partial charge in [0.05, 0.1) is 17.1 Å². The fraction of sp³-hybridized carbons (Fsp3) is 0.278. The Kier molecular flexibility index (Phi) is 7.31. The van der Waals surface area contributed by atoms with Crippen molar-refractivity contribution in [3.63, 3.8) is 0 Å². The first-order valence-corrected chi connectivity index (χ1v) is 9.28. The smallest absolute Gasteiger partial charge is 0.166 e. The van der Waals surface area contributed by atoms with E-state index in [1.54, 1.807) is 10.4 Å². The van der Waals surface area contributed by atoms with Gasteiger partial charge in [-0.05, 0) is 24.6 Å². The van der Waals surface area contributed by atoms with Gasteiger partial charge in [-0.3, -0.25) is 0 Å². The summed E-state index contributed by atoms with van der Waals surface area (Å²) in [5.41, 5.74) is -1.32. The molecule has 11 heteroatoms. The lowest BCUT2D eigenvalue weighted by Crippen LogP contribution is -2.37. The first-order chi connectivity index (χ1) is 13.7. The summed E-state index contributed by atoms with van der Waals surface area (Å²) in [5.74, 6) is -2.71. The van der Waals surface area contributed by atoms with Gasteiger partial charge in [0.25, 0.3) is 0 Å². The fourth-order valence-electron chi connectivity index (χ4n) is 2.41. The number of β-amino-alcohol motifs (C(OH)–C–C–N with tert-alkyl or cyclic N) is 1. The Hall–Kier alpha value is -2.96. The number of nitriles is 2. The Morgan fingerprint density at radius 2 is 1.97 bits per heavy atom. The van der Waals surface area contributed by atoms with Crippen LogP contribution in [0.25, 0.3) is 0 Å². The van der Waals surface area contributed by atoms with Crippen LogP contribution < -0.4 is 0 Å². The molecule has 1 aromatic heterocycles. The lowest BCUT2D eigenvalue weighted by atomic mass is 10.1. The molecule has 2 atom stereocenters. The maximum atomic E-state index is 12.5. The summed E-state index contributed by atoms with van der Waals surface area (Å²) in [4.78, 5) is 4.34. The number of halogens is 2. The number of phenols is 1. The number of pyridine rings is 1. The average molecular weight is 422 g/mol. The molecule has 8 nitrogen and oxygen atoms in total. The van der Waals surface area contributed by atoms with Crippen LogP contribution in [-0.2, 0) is 11.0 Å². The van der Waals surface area contributed by atoms with E-state index in [0.717, 1.165) is 0 Å². The van der Waals surface area contributed by atoms with Crippen molar-refractivity contribution in [2.75, 3.05) is 19.7 Å². The molecule has 0 amide bonds. The Morgan fingerprint density at radius 3 is 2.48 bits per heavy atom. The minimum atomic E-state index is -1.43. The number of aromatic hydroxyl groups is 1. The van der Waals surface area contributed by atoms with Crippen molar-refractivity contribution < 1.29 is 28.3 Å². The summed E-state index contributed by atoms with van der Waals surface area (Å²) in [6.07, 6.45) is 1.78. The van der Waals surface area contributed by atoms with E-state index in [1.165, 1.54) is 18.3 Å². The van der Waals surface area contributed by atoms with Crippen molar-refractivity contribution in [3.05, 3.63) is 53.4 Å². The number of benzene rings is 1. The molecular weight excluding hydrogens is 406 g/mol.